The smallest absolute Gasteiger partial charge is 0.263 e. The lowest BCUT2D eigenvalue weighted by Gasteiger charge is -2.34. The Labute approximate surface area is 231 Å². The van der Waals surface area contributed by atoms with Crippen LogP contribution in [-0.4, -0.2) is 94.5 Å². The number of aryl methyl sites for hydroxylation is 1. The van der Waals surface area contributed by atoms with Gasteiger partial charge in [0.25, 0.3) is 5.56 Å². The van der Waals surface area contributed by atoms with E-state index in [0.29, 0.717) is 36.8 Å². The van der Waals surface area contributed by atoms with E-state index < -0.39 is 15.6 Å². The Morgan fingerprint density at radius 2 is 1.90 bits per heavy atom. The van der Waals surface area contributed by atoms with Gasteiger partial charge in [0.05, 0.1) is 34.8 Å². The Bertz CT molecular complexity index is 1530. The van der Waals surface area contributed by atoms with Crippen molar-refractivity contribution in [1.82, 2.24) is 29.0 Å². The normalized spacial score (nSPS) is 18.4. The van der Waals surface area contributed by atoms with Gasteiger partial charge in [-0.05, 0) is 45.9 Å². The molecule has 39 heavy (non-hydrogen) atoms. The predicted octanol–water partition coefficient (Wildman–Crippen LogP) is 0.661. The van der Waals surface area contributed by atoms with Crippen LogP contribution in [0, 0.1) is 0 Å². The second kappa shape index (κ2) is 10.7. The van der Waals surface area contributed by atoms with Crippen LogP contribution in [-0.2, 0) is 28.0 Å². The van der Waals surface area contributed by atoms with Crippen LogP contribution in [0.5, 0.6) is 0 Å². The first-order valence-electron chi connectivity index (χ1n) is 13.1. The number of hydrogen-bond acceptors (Lipinski definition) is 9. The van der Waals surface area contributed by atoms with Crippen LogP contribution in [0.4, 0.5) is 11.6 Å². The fourth-order valence-electron chi connectivity index (χ4n) is 4.69. The van der Waals surface area contributed by atoms with E-state index in [4.69, 9.17) is 9.41 Å². The van der Waals surface area contributed by atoms with Gasteiger partial charge in [-0.2, -0.15) is 5.10 Å². The van der Waals surface area contributed by atoms with Gasteiger partial charge < -0.3 is 19.5 Å². The Kier molecular flexibility index (Phi) is 7.58. The lowest BCUT2D eigenvalue weighted by molar-refractivity contribution is 0.258. The van der Waals surface area contributed by atoms with Crippen LogP contribution in [0.2, 0.25) is 0 Å². The van der Waals surface area contributed by atoms with Gasteiger partial charge in [-0.15, -0.1) is 0 Å². The second-order valence-corrected chi connectivity index (χ2v) is 12.9. The molecule has 2 aliphatic rings. The third-order valence-corrected chi connectivity index (χ3v) is 9.42. The number of fused-ring (bicyclic) bond motifs is 1. The summed E-state index contributed by atoms with van der Waals surface area (Å²) in [6.45, 7) is 7.41. The minimum atomic E-state index is -3.85. The van der Waals surface area contributed by atoms with Gasteiger partial charge in [0.15, 0.2) is 0 Å². The fraction of sp³-hybridized carbons (Fsp3) is 0.560. The maximum atomic E-state index is 14.1. The molecule has 3 aromatic rings. The summed E-state index contributed by atoms with van der Waals surface area (Å²) >= 11 is 0. The molecule has 5 rings (SSSR count). The van der Waals surface area contributed by atoms with Crippen LogP contribution in [0.15, 0.2) is 34.2 Å². The van der Waals surface area contributed by atoms with Crippen LogP contribution >= 0.6 is 0 Å². The van der Waals surface area contributed by atoms with E-state index in [1.54, 1.807) is 16.9 Å². The highest BCUT2D eigenvalue weighted by molar-refractivity contribution is 7.89. The highest BCUT2D eigenvalue weighted by Gasteiger charge is 2.41. The Morgan fingerprint density at radius 3 is 2.51 bits per heavy atom. The van der Waals surface area contributed by atoms with Gasteiger partial charge in [-0.1, -0.05) is 0 Å². The van der Waals surface area contributed by atoms with E-state index in [1.165, 1.54) is 10.6 Å². The molecular weight excluding hydrogens is 536 g/mol. The Balaban J connectivity index is 1.69. The summed E-state index contributed by atoms with van der Waals surface area (Å²) in [4.78, 5) is 23.5. The summed E-state index contributed by atoms with van der Waals surface area (Å²) in [5.41, 5.74) is 1.16. The molecule has 12 nitrogen and oxygen atoms in total. The number of rotatable bonds is 10. The zero-order valence-corrected chi connectivity index (χ0v) is 24.6. The quantitative estimate of drug-likeness (QED) is 0.338. The largest absolute Gasteiger partial charge is 0.414 e. The van der Waals surface area contributed by atoms with Gasteiger partial charge >= 0.3 is 0 Å². The molecule has 1 saturated carbocycles. The van der Waals surface area contributed by atoms with E-state index in [9.17, 15) is 13.2 Å². The number of piperazine rings is 1. The van der Waals surface area contributed by atoms with Crippen LogP contribution in [0.3, 0.4) is 0 Å². The number of likely N-dealkylation sites (N-methyl/N-ethyl adjacent to an activating group) is 1. The van der Waals surface area contributed by atoms with Crippen molar-refractivity contribution in [2.75, 3.05) is 50.0 Å². The molecular formula is C25H35N8O4SSi. The molecule has 2 N–H and O–H groups in total. The van der Waals surface area contributed by atoms with E-state index in [2.05, 4.69) is 42.5 Å². The minimum Gasteiger partial charge on any atom is -0.414 e. The molecule has 1 aliphatic heterocycles. The van der Waals surface area contributed by atoms with Crippen molar-refractivity contribution in [2.24, 2.45) is 7.05 Å². The first kappa shape index (κ1) is 27.8. The average Bonchev–Trinajstić information content (AvgIpc) is 3.47. The van der Waals surface area contributed by atoms with Gasteiger partial charge in [0, 0.05) is 57.1 Å². The number of anilines is 2. The Morgan fingerprint density at radius 1 is 1.18 bits per heavy atom. The van der Waals surface area contributed by atoms with E-state index in [-0.39, 0.29) is 28.5 Å². The van der Waals surface area contributed by atoms with Crippen molar-refractivity contribution in [3.63, 3.8) is 0 Å². The summed E-state index contributed by atoms with van der Waals surface area (Å²) in [5, 5.41) is 7.74. The van der Waals surface area contributed by atoms with Gasteiger partial charge in [-0.25, -0.2) is 18.1 Å². The molecule has 0 unspecified atom stereocenters. The molecule has 0 amide bonds. The number of benzene rings is 1. The van der Waals surface area contributed by atoms with Crippen molar-refractivity contribution in [1.29, 1.82) is 0 Å². The summed E-state index contributed by atoms with van der Waals surface area (Å²) in [6, 6.07) is 3.12. The summed E-state index contributed by atoms with van der Waals surface area (Å²) in [7, 11) is 3.09. The summed E-state index contributed by atoms with van der Waals surface area (Å²) < 4.78 is 38.2. The summed E-state index contributed by atoms with van der Waals surface area (Å²) in [6.07, 6.45) is 4.91. The van der Waals surface area contributed by atoms with Crippen LogP contribution in [0.1, 0.15) is 32.3 Å². The molecule has 14 heteroatoms. The van der Waals surface area contributed by atoms with Gasteiger partial charge in [0.2, 0.25) is 26.5 Å². The third-order valence-electron chi connectivity index (χ3n) is 7.40. The highest BCUT2D eigenvalue weighted by atomic mass is 32.2. The van der Waals surface area contributed by atoms with Crippen LogP contribution in [0.25, 0.3) is 10.9 Å². The fourth-order valence-corrected chi connectivity index (χ4v) is 6.29. The molecule has 0 bridgehead atoms. The Hall–Kier alpha value is -2.78. The summed E-state index contributed by atoms with van der Waals surface area (Å²) in [5.74, 6) is 0.376. The zero-order chi connectivity index (χ0) is 27.9. The van der Waals surface area contributed by atoms with Crippen molar-refractivity contribution in [2.45, 2.75) is 49.8 Å². The third kappa shape index (κ3) is 6.04. The molecule has 1 atom stereocenters. The average molecular weight is 572 g/mol. The van der Waals surface area contributed by atoms with Crippen molar-refractivity contribution >= 4 is 43.0 Å². The zero-order valence-electron chi connectivity index (χ0n) is 22.8. The molecule has 0 spiro atoms. The lowest BCUT2D eigenvalue weighted by atomic mass is 10.1. The van der Waals surface area contributed by atoms with E-state index in [1.807, 2.05) is 27.1 Å². The van der Waals surface area contributed by atoms with E-state index in [0.717, 1.165) is 31.5 Å². The topological polar surface area (TPSA) is 127 Å². The number of sulfonamides is 1. The lowest BCUT2D eigenvalue weighted by Crippen LogP contribution is -2.45. The number of nitrogens with zero attached hydrogens (tertiary/aromatic N) is 6. The standard InChI is InChI=1S/C25H35N8O4SSi/c1-17(37-39)13-26-24-28-22-20(23(34)33(24)16-18-14-27-31(4)15-18)11-19(38(35,36)29-25(2)5-6-25)12-21(22)32-9-7-30(3)8-10-32/h11-12,14-15,17,29H,5-10,13,16H2,1-4H3,(H,26,28)/t17-/m0/s1. The molecule has 1 aromatic carbocycles. The first-order valence-corrected chi connectivity index (χ1v) is 15.0. The first-order chi connectivity index (χ1) is 18.5. The maximum absolute atomic E-state index is 14.1. The van der Waals surface area contributed by atoms with Crippen molar-refractivity contribution in [3.8, 4) is 0 Å². The maximum Gasteiger partial charge on any atom is 0.263 e. The monoisotopic (exact) mass is 571 g/mol. The number of nitrogens with one attached hydrogen (secondary N) is 2. The molecule has 2 aromatic heterocycles. The second-order valence-electron chi connectivity index (χ2n) is 11.0. The van der Waals surface area contributed by atoms with Crippen LogP contribution < -0.4 is 20.5 Å². The molecule has 2 fully saturated rings. The predicted molar refractivity (Wildman–Crippen MR) is 151 cm³/mol. The molecule has 209 valence electrons. The molecule has 3 heterocycles. The van der Waals surface area contributed by atoms with Gasteiger partial charge in [-0.3, -0.25) is 14.0 Å². The highest BCUT2D eigenvalue weighted by Crippen LogP contribution is 2.37. The van der Waals surface area contributed by atoms with Crippen molar-refractivity contribution in [3.05, 3.63) is 40.4 Å². The molecule has 1 aliphatic carbocycles. The van der Waals surface area contributed by atoms with E-state index >= 15 is 0 Å². The minimum absolute atomic E-state index is 0.0747. The molecule has 3 radical (unpaired) electrons. The molecule has 1 saturated heterocycles. The van der Waals surface area contributed by atoms with Gasteiger partial charge in [0.1, 0.15) is 5.52 Å². The van der Waals surface area contributed by atoms with Crippen molar-refractivity contribution < 1.29 is 12.8 Å². The number of hydrogen-bond donors (Lipinski definition) is 2. The SMILES string of the molecule is C[C@@H](CNc1nc2c(N3CCN(C)CC3)cc(S(=O)(=O)NC3(C)CC3)cc2c(=O)n1Cc1cnn(C)c1)O[Si]. The number of aromatic nitrogens is 4.